The third-order valence-corrected chi connectivity index (χ3v) is 3.20. The zero-order chi connectivity index (χ0) is 15.5. The Balaban J connectivity index is 2.04. The summed E-state index contributed by atoms with van der Waals surface area (Å²) in [5.41, 5.74) is -0.795. The van der Waals surface area contributed by atoms with Crippen molar-refractivity contribution >= 4 is 17.3 Å². The SMILES string of the molecule is O=c1c(Cl)c(NCC2CNCCO2)cnn1CC(F)(F)F. The number of halogens is 4. The lowest BCUT2D eigenvalue weighted by Gasteiger charge is -2.24. The molecule has 118 valence electrons. The molecule has 6 nitrogen and oxygen atoms in total. The molecular weight excluding hydrogens is 313 g/mol. The van der Waals surface area contributed by atoms with Gasteiger partial charge < -0.3 is 15.4 Å². The molecule has 1 fully saturated rings. The van der Waals surface area contributed by atoms with Crippen molar-refractivity contribution in [3.63, 3.8) is 0 Å². The second kappa shape index (κ2) is 6.63. The van der Waals surface area contributed by atoms with Gasteiger partial charge in [-0.25, -0.2) is 4.68 Å². The summed E-state index contributed by atoms with van der Waals surface area (Å²) < 4.78 is 42.5. The first-order valence-electron chi connectivity index (χ1n) is 6.25. The van der Waals surface area contributed by atoms with E-state index in [4.69, 9.17) is 16.3 Å². The van der Waals surface area contributed by atoms with Crippen LogP contribution in [0.3, 0.4) is 0 Å². The van der Waals surface area contributed by atoms with Crippen LogP contribution in [-0.2, 0) is 11.3 Å². The van der Waals surface area contributed by atoms with Gasteiger partial charge in [0.2, 0.25) is 0 Å². The van der Waals surface area contributed by atoms with Crippen LogP contribution >= 0.6 is 11.6 Å². The summed E-state index contributed by atoms with van der Waals surface area (Å²) in [5, 5.41) is 9.13. The molecule has 2 N–H and O–H groups in total. The van der Waals surface area contributed by atoms with Gasteiger partial charge in [-0.3, -0.25) is 4.79 Å². The van der Waals surface area contributed by atoms with Gasteiger partial charge in [0.15, 0.2) is 0 Å². The van der Waals surface area contributed by atoms with Crippen LogP contribution in [0.2, 0.25) is 5.02 Å². The van der Waals surface area contributed by atoms with Crippen molar-refractivity contribution in [3.05, 3.63) is 21.6 Å². The van der Waals surface area contributed by atoms with Crippen LogP contribution in [0.1, 0.15) is 0 Å². The Bertz CT molecular complexity index is 543. The van der Waals surface area contributed by atoms with Crippen LogP contribution in [0.4, 0.5) is 18.9 Å². The lowest BCUT2D eigenvalue weighted by molar-refractivity contribution is -0.143. The maximum atomic E-state index is 12.3. The highest BCUT2D eigenvalue weighted by atomic mass is 35.5. The number of aromatic nitrogens is 2. The number of nitrogens with one attached hydrogen (secondary N) is 2. The Morgan fingerprint density at radius 2 is 2.33 bits per heavy atom. The van der Waals surface area contributed by atoms with E-state index in [1.807, 2.05) is 0 Å². The van der Waals surface area contributed by atoms with E-state index in [1.54, 1.807) is 0 Å². The molecule has 10 heteroatoms. The van der Waals surface area contributed by atoms with E-state index in [-0.39, 0.29) is 21.5 Å². The number of alkyl halides is 3. The Hall–Kier alpha value is -1.32. The predicted molar refractivity (Wildman–Crippen MR) is 70.7 cm³/mol. The summed E-state index contributed by atoms with van der Waals surface area (Å²) in [4.78, 5) is 11.7. The van der Waals surface area contributed by atoms with Crippen LogP contribution in [0.15, 0.2) is 11.0 Å². The quantitative estimate of drug-likeness (QED) is 0.859. The van der Waals surface area contributed by atoms with Gasteiger partial charge >= 0.3 is 6.18 Å². The number of morpholine rings is 1. The normalized spacial score (nSPS) is 19.5. The minimum Gasteiger partial charge on any atom is -0.380 e. The zero-order valence-corrected chi connectivity index (χ0v) is 11.7. The molecule has 1 saturated heterocycles. The first-order valence-corrected chi connectivity index (χ1v) is 6.63. The van der Waals surface area contributed by atoms with Crippen molar-refractivity contribution in [1.82, 2.24) is 15.1 Å². The topological polar surface area (TPSA) is 68.2 Å². The Kier molecular flexibility index (Phi) is 5.07. The predicted octanol–water partition coefficient (Wildman–Crippen LogP) is 0.859. The second-order valence-electron chi connectivity index (χ2n) is 4.53. The smallest absolute Gasteiger partial charge is 0.380 e. The number of rotatable bonds is 4. The van der Waals surface area contributed by atoms with Gasteiger partial charge in [-0.1, -0.05) is 11.6 Å². The standard InChI is InChI=1S/C11H14ClF3N4O2/c12-9-8(17-4-7-3-16-1-2-21-7)5-18-19(10(9)20)6-11(13,14)15/h5,7,16-17H,1-4,6H2. The molecule has 1 unspecified atom stereocenters. The Morgan fingerprint density at radius 3 is 2.95 bits per heavy atom. The van der Waals surface area contributed by atoms with Crippen LogP contribution < -0.4 is 16.2 Å². The maximum Gasteiger partial charge on any atom is 0.408 e. The van der Waals surface area contributed by atoms with Crippen molar-refractivity contribution in [2.75, 3.05) is 31.6 Å². The van der Waals surface area contributed by atoms with Crippen LogP contribution in [0.5, 0.6) is 0 Å². The molecule has 0 bridgehead atoms. The molecule has 1 atom stereocenters. The molecule has 0 spiro atoms. The summed E-state index contributed by atoms with van der Waals surface area (Å²) in [5.74, 6) is 0. The number of hydrogen-bond donors (Lipinski definition) is 2. The molecular formula is C11H14ClF3N4O2. The summed E-state index contributed by atoms with van der Waals surface area (Å²) in [6, 6.07) is 0. The highest BCUT2D eigenvalue weighted by Crippen LogP contribution is 2.19. The van der Waals surface area contributed by atoms with Crippen molar-refractivity contribution < 1.29 is 17.9 Å². The zero-order valence-electron chi connectivity index (χ0n) is 10.9. The molecule has 2 heterocycles. The van der Waals surface area contributed by atoms with Crippen LogP contribution in [0, 0.1) is 0 Å². The first kappa shape index (κ1) is 16.1. The van der Waals surface area contributed by atoms with Gasteiger partial charge in [-0.15, -0.1) is 0 Å². The van der Waals surface area contributed by atoms with Crippen molar-refractivity contribution in [1.29, 1.82) is 0 Å². The molecule has 1 aromatic heterocycles. The lowest BCUT2D eigenvalue weighted by atomic mass is 10.3. The average molecular weight is 327 g/mol. The maximum absolute atomic E-state index is 12.3. The van der Waals surface area contributed by atoms with Gasteiger partial charge in [0.05, 0.1) is 24.6 Å². The largest absolute Gasteiger partial charge is 0.408 e. The van der Waals surface area contributed by atoms with Gasteiger partial charge in [-0.2, -0.15) is 18.3 Å². The molecule has 0 aliphatic carbocycles. The third kappa shape index (κ3) is 4.58. The molecule has 0 aromatic carbocycles. The van der Waals surface area contributed by atoms with E-state index in [0.29, 0.717) is 19.7 Å². The van der Waals surface area contributed by atoms with Gasteiger partial charge in [-0.05, 0) is 0 Å². The fourth-order valence-corrected chi connectivity index (χ4v) is 2.06. The fourth-order valence-electron chi connectivity index (χ4n) is 1.85. The molecule has 1 aliphatic rings. The summed E-state index contributed by atoms with van der Waals surface area (Å²) in [6.45, 7) is 0.888. The minimum absolute atomic E-state index is 0.104. The van der Waals surface area contributed by atoms with Gasteiger partial charge in [0.1, 0.15) is 11.6 Å². The van der Waals surface area contributed by atoms with Gasteiger partial charge in [0, 0.05) is 19.6 Å². The number of hydrogen-bond acceptors (Lipinski definition) is 5. The average Bonchev–Trinajstić information content (AvgIpc) is 2.43. The van der Waals surface area contributed by atoms with Crippen LogP contribution in [0.25, 0.3) is 0 Å². The Morgan fingerprint density at radius 1 is 1.57 bits per heavy atom. The van der Waals surface area contributed by atoms with E-state index in [9.17, 15) is 18.0 Å². The van der Waals surface area contributed by atoms with Crippen LogP contribution in [-0.4, -0.2) is 48.3 Å². The third-order valence-electron chi connectivity index (χ3n) is 2.84. The monoisotopic (exact) mass is 326 g/mol. The Labute approximate surface area is 123 Å². The molecule has 0 amide bonds. The lowest BCUT2D eigenvalue weighted by Crippen LogP contribution is -2.42. The molecule has 21 heavy (non-hydrogen) atoms. The summed E-state index contributed by atoms with van der Waals surface area (Å²) in [6.07, 6.45) is -3.53. The molecule has 1 aromatic rings. The number of anilines is 1. The number of ether oxygens (including phenoxy) is 1. The van der Waals surface area contributed by atoms with Crippen molar-refractivity contribution in [2.24, 2.45) is 0 Å². The van der Waals surface area contributed by atoms with E-state index in [1.165, 1.54) is 0 Å². The number of nitrogens with zero attached hydrogens (tertiary/aromatic N) is 2. The first-order chi connectivity index (χ1) is 9.87. The van der Waals surface area contributed by atoms with E-state index < -0.39 is 18.3 Å². The van der Waals surface area contributed by atoms with E-state index in [2.05, 4.69) is 15.7 Å². The fraction of sp³-hybridized carbons (Fsp3) is 0.636. The van der Waals surface area contributed by atoms with E-state index >= 15 is 0 Å². The second-order valence-corrected chi connectivity index (χ2v) is 4.91. The van der Waals surface area contributed by atoms with E-state index in [0.717, 1.165) is 12.7 Å². The minimum atomic E-state index is -4.53. The van der Waals surface area contributed by atoms with Gasteiger partial charge in [0.25, 0.3) is 5.56 Å². The molecule has 1 aliphatic heterocycles. The highest BCUT2D eigenvalue weighted by molar-refractivity contribution is 6.32. The molecule has 0 radical (unpaired) electrons. The van der Waals surface area contributed by atoms with Crippen molar-refractivity contribution in [2.45, 2.75) is 18.8 Å². The summed E-state index contributed by atoms with van der Waals surface area (Å²) >= 11 is 5.79. The van der Waals surface area contributed by atoms with Crippen molar-refractivity contribution in [3.8, 4) is 0 Å². The molecule has 2 rings (SSSR count). The highest BCUT2D eigenvalue weighted by Gasteiger charge is 2.29. The molecule has 0 saturated carbocycles. The summed E-state index contributed by atoms with van der Waals surface area (Å²) in [7, 11) is 0.